The molecule has 31 heavy (non-hydrogen) atoms. The SMILES string of the molecule is CCOC(=O)C1CC(=C(c2ccccc2)c2ccccc2)c2cc3ccccc3cc21. The van der Waals surface area contributed by atoms with Gasteiger partial charge in [-0.05, 0) is 69.6 Å². The van der Waals surface area contributed by atoms with Crippen molar-refractivity contribution in [2.24, 2.45) is 0 Å². The zero-order chi connectivity index (χ0) is 21.2. The van der Waals surface area contributed by atoms with Gasteiger partial charge >= 0.3 is 5.97 Å². The van der Waals surface area contributed by atoms with Crippen LogP contribution in [-0.2, 0) is 9.53 Å². The zero-order valence-corrected chi connectivity index (χ0v) is 17.5. The molecule has 0 amide bonds. The molecule has 0 fully saturated rings. The predicted octanol–water partition coefficient (Wildman–Crippen LogP) is 6.85. The van der Waals surface area contributed by atoms with Crippen LogP contribution in [-0.4, -0.2) is 12.6 Å². The quantitative estimate of drug-likeness (QED) is 0.348. The second-order valence-electron chi connectivity index (χ2n) is 7.88. The van der Waals surface area contributed by atoms with E-state index in [1.165, 1.54) is 16.5 Å². The van der Waals surface area contributed by atoms with E-state index in [1.54, 1.807) is 0 Å². The smallest absolute Gasteiger partial charge is 0.313 e. The Hall–Kier alpha value is -3.65. The molecule has 0 saturated heterocycles. The van der Waals surface area contributed by atoms with E-state index in [0.717, 1.165) is 27.6 Å². The second kappa shape index (κ2) is 8.23. The highest BCUT2D eigenvalue weighted by molar-refractivity contribution is 6.05. The van der Waals surface area contributed by atoms with E-state index in [2.05, 4.69) is 78.9 Å². The Kier molecular flexibility index (Phi) is 5.13. The highest BCUT2D eigenvalue weighted by atomic mass is 16.5. The van der Waals surface area contributed by atoms with Crippen LogP contribution in [0.5, 0.6) is 0 Å². The van der Waals surface area contributed by atoms with Crippen molar-refractivity contribution in [2.75, 3.05) is 6.61 Å². The summed E-state index contributed by atoms with van der Waals surface area (Å²) in [6, 6.07) is 33.7. The number of fused-ring (bicyclic) bond motifs is 2. The molecule has 1 atom stereocenters. The first kappa shape index (κ1) is 19.3. The van der Waals surface area contributed by atoms with Crippen LogP contribution >= 0.6 is 0 Å². The molecule has 4 aromatic carbocycles. The van der Waals surface area contributed by atoms with E-state index < -0.39 is 0 Å². The van der Waals surface area contributed by atoms with Crippen LogP contribution in [0.15, 0.2) is 97.1 Å². The standard InChI is InChI=1S/C29H24O2/c1-2-31-29(30)27-19-26(24-17-22-15-9-10-16-23(22)18-25(24)27)28(20-11-5-3-6-12-20)21-13-7-4-8-14-21/h3-18,27H,2,19H2,1H3. The third kappa shape index (κ3) is 3.55. The highest BCUT2D eigenvalue weighted by Crippen LogP contribution is 2.48. The number of hydrogen-bond donors (Lipinski definition) is 0. The molecule has 0 N–H and O–H groups in total. The van der Waals surface area contributed by atoms with E-state index in [-0.39, 0.29) is 11.9 Å². The summed E-state index contributed by atoms with van der Waals surface area (Å²) in [4.78, 5) is 12.9. The summed E-state index contributed by atoms with van der Waals surface area (Å²) in [7, 11) is 0. The number of hydrogen-bond acceptors (Lipinski definition) is 2. The van der Waals surface area contributed by atoms with Crippen molar-refractivity contribution >= 4 is 27.9 Å². The van der Waals surface area contributed by atoms with Crippen molar-refractivity contribution in [1.82, 2.24) is 0 Å². The first-order chi connectivity index (χ1) is 15.3. The van der Waals surface area contributed by atoms with Crippen LogP contribution in [0.4, 0.5) is 0 Å². The fourth-order valence-electron chi connectivity index (χ4n) is 4.65. The Morgan fingerprint density at radius 1 is 0.806 bits per heavy atom. The Morgan fingerprint density at radius 3 is 1.94 bits per heavy atom. The third-order valence-corrected chi connectivity index (χ3v) is 6.02. The van der Waals surface area contributed by atoms with Crippen LogP contribution < -0.4 is 0 Å². The molecular formula is C29H24O2. The van der Waals surface area contributed by atoms with Gasteiger partial charge < -0.3 is 4.74 Å². The number of benzene rings is 4. The molecule has 0 aliphatic heterocycles. The van der Waals surface area contributed by atoms with Gasteiger partial charge in [-0.2, -0.15) is 0 Å². The van der Waals surface area contributed by atoms with E-state index in [1.807, 2.05) is 25.1 Å². The largest absolute Gasteiger partial charge is 0.466 e. The molecule has 4 aromatic rings. The molecule has 2 nitrogen and oxygen atoms in total. The number of allylic oxidation sites excluding steroid dienone is 1. The Morgan fingerprint density at radius 2 is 1.35 bits per heavy atom. The topological polar surface area (TPSA) is 26.3 Å². The van der Waals surface area contributed by atoms with Gasteiger partial charge in [-0.1, -0.05) is 84.9 Å². The molecule has 1 unspecified atom stereocenters. The number of esters is 1. The van der Waals surface area contributed by atoms with Crippen molar-refractivity contribution in [3.63, 3.8) is 0 Å². The summed E-state index contributed by atoms with van der Waals surface area (Å²) in [5.74, 6) is -0.425. The van der Waals surface area contributed by atoms with E-state index in [4.69, 9.17) is 4.74 Å². The van der Waals surface area contributed by atoms with Crippen molar-refractivity contribution in [1.29, 1.82) is 0 Å². The Bertz CT molecular complexity index is 1230. The number of carbonyl (C=O) groups is 1. The van der Waals surface area contributed by atoms with Gasteiger partial charge in [-0.3, -0.25) is 4.79 Å². The summed E-state index contributed by atoms with van der Waals surface area (Å²) in [5.41, 5.74) is 6.93. The summed E-state index contributed by atoms with van der Waals surface area (Å²) in [5, 5.41) is 2.33. The minimum absolute atomic E-state index is 0.144. The first-order valence-corrected chi connectivity index (χ1v) is 10.8. The van der Waals surface area contributed by atoms with Gasteiger partial charge in [0, 0.05) is 0 Å². The monoisotopic (exact) mass is 404 g/mol. The van der Waals surface area contributed by atoms with Gasteiger partial charge in [0.1, 0.15) is 0 Å². The summed E-state index contributed by atoms with van der Waals surface area (Å²) >= 11 is 0. The lowest BCUT2D eigenvalue weighted by Gasteiger charge is -2.14. The van der Waals surface area contributed by atoms with Crippen molar-refractivity contribution in [3.05, 3.63) is 119 Å². The van der Waals surface area contributed by atoms with Crippen LogP contribution in [0.25, 0.3) is 21.9 Å². The second-order valence-corrected chi connectivity index (χ2v) is 7.88. The van der Waals surface area contributed by atoms with Crippen molar-refractivity contribution < 1.29 is 9.53 Å². The van der Waals surface area contributed by atoms with Crippen molar-refractivity contribution in [2.45, 2.75) is 19.3 Å². The minimum Gasteiger partial charge on any atom is -0.466 e. The molecule has 1 aliphatic carbocycles. The maximum absolute atomic E-state index is 12.9. The fraction of sp³-hybridized carbons (Fsp3) is 0.138. The molecule has 1 aliphatic rings. The Balaban J connectivity index is 1.81. The van der Waals surface area contributed by atoms with Crippen molar-refractivity contribution in [3.8, 4) is 0 Å². The fourth-order valence-corrected chi connectivity index (χ4v) is 4.65. The highest BCUT2D eigenvalue weighted by Gasteiger charge is 2.35. The molecule has 0 aromatic heterocycles. The van der Waals surface area contributed by atoms with Gasteiger partial charge in [0.15, 0.2) is 0 Å². The molecule has 152 valence electrons. The summed E-state index contributed by atoms with van der Waals surface area (Å²) in [6.45, 7) is 2.26. The van der Waals surface area contributed by atoms with E-state index in [0.29, 0.717) is 13.0 Å². The molecule has 0 saturated carbocycles. The molecule has 0 radical (unpaired) electrons. The molecule has 5 rings (SSSR count). The van der Waals surface area contributed by atoms with Crippen LogP contribution in [0.3, 0.4) is 0 Å². The first-order valence-electron chi connectivity index (χ1n) is 10.8. The van der Waals surface area contributed by atoms with Gasteiger partial charge in [0.05, 0.1) is 12.5 Å². The Labute approximate surface area is 182 Å². The van der Waals surface area contributed by atoms with Gasteiger partial charge in [0.25, 0.3) is 0 Å². The number of rotatable bonds is 4. The predicted molar refractivity (Wildman–Crippen MR) is 127 cm³/mol. The van der Waals surface area contributed by atoms with E-state index in [9.17, 15) is 4.79 Å². The van der Waals surface area contributed by atoms with Gasteiger partial charge in [-0.25, -0.2) is 0 Å². The zero-order valence-electron chi connectivity index (χ0n) is 17.5. The molecule has 2 heteroatoms. The number of carbonyl (C=O) groups excluding carboxylic acids is 1. The molecule has 0 heterocycles. The van der Waals surface area contributed by atoms with Gasteiger partial charge in [-0.15, -0.1) is 0 Å². The molecular weight excluding hydrogens is 380 g/mol. The van der Waals surface area contributed by atoms with Crippen LogP contribution in [0.2, 0.25) is 0 Å². The van der Waals surface area contributed by atoms with Crippen LogP contribution in [0.1, 0.15) is 41.5 Å². The summed E-state index contributed by atoms with van der Waals surface area (Å²) < 4.78 is 5.47. The average molecular weight is 405 g/mol. The lowest BCUT2D eigenvalue weighted by Crippen LogP contribution is -2.13. The normalized spacial score (nSPS) is 15.0. The summed E-state index contributed by atoms with van der Waals surface area (Å²) in [6.07, 6.45) is 0.642. The van der Waals surface area contributed by atoms with E-state index >= 15 is 0 Å². The molecule has 0 spiro atoms. The average Bonchev–Trinajstić information content (AvgIpc) is 3.17. The maximum Gasteiger partial charge on any atom is 0.313 e. The maximum atomic E-state index is 12.9. The minimum atomic E-state index is -0.281. The number of ether oxygens (including phenoxy) is 1. The lowest BCUT2D eigenvalue weighted by atomic mass is 9.89. The molecule has 0 bridgehead atoms. The third-order valence-electron chi connectivity index (χ3n) is 6.02. The van der Waals surface area contributed by atoms with Crippen LogP contribution in [0, 0.1) is 0 Å². The lowest BCUT2D eigenvalue weighted by molar-refractivity contribution is -0.144. The van der Waals surface area contributed by atoms with Gasteiger partial charge in [0.2, 0.25) is 0 Å².